The molecule has 0 unspecified atom stereocenters. The highest BCUT2D eigenvalue weighted by molar-refractivity contribution is 6.11. The van der Waals surface area contributed by atoms with Gasteiger partial charge in [-0.2, -0.15) is 0 Å². The Morgan fingerprint density at radius 1 is 1.24 bits per heavy atom. The normalized spacial score (nSPS) is 11.1. The highest BCUT2D eigenvalue weighted by Crippen LogP contribution is 2.25. The van der Waals surface area contributed by atoms with E-state index in [2.05, 4.69) is 4.74 Å². The molecule has 0 saturated heterocycles. The molecule has 0 aliphatic heterocycles. The Hall–Kier alpha value is -1.78. The van der Waals surface area contributed by atoms with Gasteiger partial charge in [0.1, 0.15) is 17.0 Å². The molecule has 0 heterocycles. The molecule has 0 fully saturated rings. The minimum atomic E-state index is -1.51. The maximum Gasteiger partial charge on any atom is 0.319 e. The fourth-order valence-corrected chi connectivity index (χ4v) is 1.36. The summed E-state index contributed by atoms with van der Waals surface area (Å²) in [6.07, 6.45) is 0. The van der Waals surface area contributed by atoms with E-state index in [1.165, 1.54) is 13.8 Å². The van der Waals surface area contributed by atoms with Gasteiger partial charge in [-0.05, 0) is 26.0 Å². The second kappa shape index (κ2) is 4.61. The van der Waals surface area contributed by atoms with E-state index in [0.717, 1.165) is 19.2 Å². The van der Waals surface area contributed by atoms with Gasteiger partial charge in [0.25, 0.3) is 0 Å². The standard InChI is InChI=1S/C12H12F2O3/c1-12(2,11(16)17-3)10(15)8-5-4-7(13)6-9(8)14/h4-6H,1-3H3. The van der Waals surface area contributed by atoms with Crippen molar-refractivity contribution < 1.29 is 23.1 Å². The van der Waals surface area contributed by atoms with Crippen LogP contribution in [0.2, 0.25) is 0 Å². The summed E-state index contributed by atoms with van der Waals surface area (Å²) in [6.45, 7) is 2.65. The zero-order valence-corrected chi connectivity index (χ0v) is 9.71. The molecule has 0 aliphatic rings. The van der Waals surface area contributed by atoms with Gasteiger partial charge in [0.2, 0.25) is 0 Å². The first-order chi connectivity index (χ1) is 7.80. The zero-order chi connectivity index (χ0) is 13.2. The zero-order valence-electron chi connectivity index (χ0n) is 9.71. The van der Waals surface area contributed by atoms with E-state index in [0.29, 0.717) is 6.07 Å². The second-order valence-electron chi connectivity index (χ2n) is 4.07. The average molecular weight is 242 g/mol. The van der Waals surface area contributed by atoms with Crippen molar-refractivity contribution in [2.24, 2.45) is 5.41 Å². The van der Waals surface area contributed by atoms with Crippen LogP contribution in [0.1, 0.15) is 24.2 Å². The maximum atomic E-state index is 13.4. The number of ketones is 1. The van der Waals surface area contributed by atoms with E-state index in [1.54, 1.807) is 0 Å². The van der Waals surface area contributed by atoms with E-state index in [1.807, 2.05) is 0 Å². The third-order valence-corrected chi connectivity index (χ3v) is 2.44. The molecule has 0 spiro atoms. The van der Waals surface area contributed by atoms with E-state index < -0.39 is 28.8 Å². The molecule has 17 heavy (non-hydrogen) atoms. The number of carbonyl (C=O) groups excluding carboxylic acids is 2. The van der Waals surface area contributed by atoms with Crippen molar-refractivity contribution in [1.29, 1.82) is 0 Å². The molecule has 0 bridgehead atoms. The summed E-state index contributed by atoms with van der Waals surface area (Å²) in [5.41, 5.74) is -1.84. The molecule has 1 aromatic rings. The first kappa shape index (κ1) is 13.3. The Bertz CT molecular complexity index is 467. The van der Waals surface area contributed by atoms with Gasteiger partial charge in [0, 0.05) is 6.07 Å². The maximum absolute atomic E-state index is 13.4. The van der Waals surface area contributed by atoms with Crippen molar-refractivity contribution in [2.45, 2.75) is 13.8 Å². The van der Waals surface area contributed by atoms with Crippen molar-refractivity contribution in [3.8, 4) is 0 Å². The Morgan fingerprint density at radius 2 is 1.82 bits per heavy atom. The fraction of sp³-hybridized carbons (Fsp3) is 0.333. The van der Waals surface area contributed by atoms with E-state index in [-0.39, 0.29) is 5.56 Å². The Kier molecular flexibility index (Phi) is 3.60. The van der Waals surface area contributed by atoms with Crippen LogP contribution in [0, 0.1) is 17.0 Å². The molecule has 0 radical (unpaired) electrons. The molecular weight excluding hydrogens is 230 g/mol. The Morgan fingerprint density at radius 3 is 2.29 bits per heavy atom. The summed E-state index contributed by atoms with van der Waals surface area (Å²) >= 11 is 0. The fourth-order valence-electron chi connectivity index (χ4n) is 1.36. The average Bonchev–Trinajstić information content (AvgIpc) is 2.27. The third kappa shape index (κ3) is 2.49. The monoisotopic (exact) mass is 242 g/mol. The van der Waals surface area contributed by atoms with Crippen LogP contribution in [0.25, 0.3) is 0 Å². The van der Waals surface area contributed by atoms with Crippen molar-refractivity contribution in [3.05, 3.63) is 35.4 Å². The number of ether oxygens (including phenoxy) is 1. The van der Waals surface area contributed by atoms with Crippen LogP contribution < -0.4 is 0 Å². The summed E-state index contributed by atoms with van der Waals surface area (Å²) in [6, 6.07) is 2.57. The molecule has 0 amide bonds. The van der Waals surface area contributed by atoms with Gasteiger partial charge < -0.3 is 4.74 Å². The summed E-state index contributed by atoms with van der Waals surface area (Å²) in [5, 5.41) is 0. The Labute approximate surface area is 97.4 Å². The number of hydrogen-bond acceptors (Lipinski definition) is 3. The van der Waals surface area contributed by atoms with Gasteiger partial charge in [-0.1, -0.05) is 0 Å². The largest absolute Gasteiger partial charge is 0.468 e. The van der Waals surface area contributed by atoms with Crippen LogP contribution in [0.3, 0.4) is 0 Å². The minimum absolute atomic E-state index is 0.332. The quantitative estimate of drug-likeness (QED) is 0.464. The lowest BCUT2D eigenvalue weighted by Crippen LogP contribution is -2.35. The van der Waals surface area contributed by atoms with Gasteiger partial charge in [-0.15, -0.1) is 0 Å². The number of Topliss-reactive ketones (excluding diaryl/α,β-unsaturated/α-hetero) is 1. The summed E-state index contributed by atoms with van der Waals surface area (Å²) in [7, 11) is 1.14. The number of halogens is 2. The lowest BCUT2D eigenvalue weighted by molar-refractivity contribution is -0.147. The van der Waals surface area contributed by atoms with Crippen LogP contribution in [-0.2, 0) is 9.53 Å². The highest BCUT2D eigenvalue weighted by Gasteiger charge is 2.38. The molecule has 5 heteroatoms. The second-order valence-corrected chi connectivity index (χ2v) is 4.07. The van der Waals surface area contributed by atoms with Crippen molar-refractivity contribution >= 4 is 11.8 Å². The Balaban J connectivity index is 3.17. The van der Waals surface area contributed by atoms with Crippen LogP contribution in [-0.4, -0.2) is 18.9 Å². The first-order valence-electron chi connectivity index (χ1n) is 4.89. The van der Waals surface area contributed by atoms with Crippen LogP contribution in [0.4, 0.5) is 8.78 Å². The van der Waals surface area contributed by atoms with Gasteiger partial charge in [-0.25, -0.2) is 8.78 Å². The first-order valence-corrected chi connectivity index (χ1v) is 4.89. The van der Waals surface area contributed by atoms with Crippen molar-refractivity contribution in [1.82, 2.24) is 0 Å². The smallest absolute Gasteiger partial charge is 0.319 e. The predicted molar refractivity (Wildman–Crippen MR) is 56.5 cm³/mol. The molecule has 0 atom stereocenters. The van der Waals surface area contributed by atoms with Crippen molar-refractivity contribution in [2.75, 3.05) is 7.11 Å². The highest BCUT2D eigenvalue weighted by atomic mass is 19.1. The molecule has 0 saturated carbocycles. The number of esters is 1. The topological polar surface area (TPSA) is 43.4 Å². The lowest BCUT2D eigenvalue weighted by Gasteiger charge is -2.20. The van der Waals surface area contributed by atoms with Gasteiger partial charge in [0.15, 0.2) is 5.78 Å². The van der Waals surface area contributed by atoms with E-state index >= 15 is 0 Å². The molecule has 1 aromatic carbocycles. The third-order valence-electron chi connectivity index (χ3n) is 2.44. The molecule has 92 valence electrons. The predicted octanol–water partition coefficient (Wildman–Crippen LogP) is 2.35. The van der Waals surface area contributed by atoms with Crippen LogP contribution in [0.5, 0.6) is 0 Å². The summed E-state index contributed by atoms with van der Waals surface area (Å²) in [5.74, 6) is -3.30. The van der Waals surface area contributed by atoms with Gasteiger partial charge >= 0.3 is 5.97 Å². The molecule has 3 nitrogen and oxygen atoms in total. The van der Waals surface area contributed by atoms with Crippen molar-refractivity contribution in [3.63, 3.8) is 0 Å². The number of carbonyl (C=O) groups is 2. The summed E-state index contributed by atoms with van der Waals surface area (Å²) in [4.78, 5) is 23.3. The molecular formula is C12H12F2O3. The van der Waals surface area contributed by atoms with Crippen LogP contribution >= 0.6 is 0 Å². The van der Waals surface area contributed by atoms with Gasteiger partial charge in [-0.3, -0.25) is 9.59 Å². The lowest BCUT2D eigenvalue weighted by atomic mass is 9.84. The SMILES string of the molecule is COC(=O)C(C)(C)C(=O)c1ccc(F)cc1F. The molecule has 0 aliphatic carbocycles. The number of benzene rings is 1. The van der Waals surface area contributed by atoms with E-state index in [9.17, 15) is 18.4 Å². The van der Waals surface area contributed by atoms with Gasteiger partial charge in [0.05, 0.1) is 12.7 Å². The number of methoxy groups -OCH3 is 1. The molecule has 0 aromatic heterocycles. The van der Waals surface area contributed by atoms with Crippen LogP contribution in [0.15, 0.2) is 18.2 Å². The number of rotatable bonds is 3. The summed E-state index contributed by atoms with van der Waals surface area (Å²) < 4.78 is 30.5. The number of hydrogen-bond donors (Lipinski definition) is 0. The van der Waals surface area contributed by atoms with E-state index in [4.69, 9.17) is 0 Å². The minimum Gasteiger partial charge on any atom is -0.468 e. The molecule has 0 N–H and O–H groups in total. The molecule has 1 rings (SSSR count).